The lowest BCUT2D eigenvalue weighted by Crippen LogP contribution is -2.54. The lowest BCUT2D eigenvalue weighted by Gasteiger charge is -2.44. The van der Waals surface area contributed by atoms with E-state index < -0.39 is 17.8 Å². The van der Waals surface area contributed by atoms with Crippen molar-refractivity contribution in [3.05, 3.63) is 129 Å². The first-order chi connectivity index (χ1) is 21.9. The van der Waals surface area contributed by atoms with Crippen molar-refractivity contribution in [3.8, 4) is 5.75 Å². The number of ether oxygens (including phenoxy) is 1. The average molecular weight is 663 g/mol. The monoisotopic (exact) mass is 661 g/mol. The summed E-state index contributed by atoms with van der Waals surface area (Å²) in [7, 11) is 0. The van der Waals surface area contributed by atoms with Crippen molar-refractivity contribution >= 4 is 51.2 Å². The number of rotatable bonds is 6. The minimum Gasteiger partial charge on any atom is -0.493 e. The van der Waals surface area contributed by atoms with Crippen molar-refractivity contribution in [1.29, 1.82) is 0 Å². The van der Waals surface area contributed by atoms with Gasteiger partial charge in [0.05, 0.1) is 16.8 Å². The standard InChI is InChI=1S/C37H32BrN3O4/c1-2-45-33-14-13-23(20-32(33)38)19-31-35(42)39-37(44)41(36(31)43)26-21-29-27(24-9-5-3-6-10-24)15-17-40-18-16-28(30(22-26)34(29)40)25-11-7-4-8-12-25/h3-14,19-22,27-28H,2,15-18H2,1H3,(H,39,42,44)/b31-19+/t27-,28+. The van der Waals surface area contributed by atoms with Crippen molar-refractivity contribution in [2.24, 2.45) is 0 Å². The number of carbonyl (C=O) groups excluding carboxylic acids is 3. The molecular weight excluding hydrogens is 630 g/mol. The maximum atomic E-state index is 14.1. The van der Waals surface area contributed by atoms with Crippen LogP contribution in [0.4, 0.5) is 16.2 Å². The Balaban J connectivity index is 1.36. The Kier molecular flexibility index (Phi) is 7.75. The molecule has 1 fully saturated rings. The number of barbiturate groups is 1. The number of amides is 4. The highest BCUT2D eigenvalue weighted by molar-refractivity contribution is 9.10. The quantitative estimate of drug-likeness (QED) is 0.172. The van der Waals surface area contributed by atoms with Gasteiger partial charge in [-0.25, -0.2) is 9.69 Å². The first-order valence-corrected chi connectivity index (χ1v) is 16.1. The van der Waals surface area contributed by atoms with Crippen LogP contribution in [0.15, 0.2) is 101 Å². The molecule has 45 heavy (non-hydrogen) atoms. The zero-order chi connectivity index (χ0) is 31.1. The molecule has 2 atom stereocenters. The van der Waals surface area contributed by atoms with Crippen molar-refractivity contribution in [1.82, 2.24) is 5.32 Å². The molecule has 226 valence electrons. The van der Waals surface area contributed by atoms with E-state index >= 15 is 0 Å². The Morgan fingerprint density at radius 2 is 1.44 bits per heavy atom. The van der Waals surface area contributed by atoms with E-state index in [9.17, 15) is 14.4 Å². The van der Waals surface area contributed by atoms with Crippen LogP contribution in [0.1, 0.15) is 59.4 Å². The van der Waals surface area contributed by atoms with Gasteiger partial charge in [0.2, 0.25) is 0 Å². The summed E-state index contributed by atoms with van der Waals surface area (Å²) < 4.78 is 6.30. The number of anilines is 2. The Morgan fingerprint density at radius 3 is 2.00 bits per heavy atom. The van der Waals surface area contributed by atoms with Crippen LogP contribution in [0.3, 0.4) is 0 Å². The predicted molar refractivity (Wildman–Crippen MR) is 179 cm³/mol. The van der Waals surface area contributed by atoms with E-state index in [2.05, 4.69) is 50.4 Å². The van der Waals surface area contributed by atoms with Gasteiger partial charge in [0, 0.05) is 30.6 Å². The summed E-state index contributed by atoms with van der Waals surface area (Å²) >= 11 is 3.50. The van der Waals surface area contributed by atoms with Crippen LogP contribution in [0.2, 0.25) is 0 Å². The lowest BCUT2D eigenvalue weighted by atomic mass is 9.76. The smallest absolute Gasteiger partial charge is 0.335 e. The highest BCUT2D eigenvalue weighted by Gasteiger charge is 2.40. The van der Waals surface area contributed by atoms with E-state index in [0.29, 0.717) is 28.1 Å². The fourth-order valence-corrected chi connectivity index (χ4v) is 7.42. The molecule has 4 aromatic rings. The number of benzene rings is 4. The summed E-state index contributed by atoms with van der Waals surface area (Å²) in [5.41, 5.74) is 6.76. The second-order valence-corrected chi connectivity index (χ2v) is 12.4. The van der Waals surface area contributed by atoms with E-state index in [1.165, 1.54) is 22.9 Å². The number of halogens is 1. The summed E-state index contributed by atoms with van der Waals surface area (Å²) in [4.78, 5) is 44.1. The summed E-state index contributed by atoms with van der Waals surface area (Å²) in [6.45, 7) is 4.27. The Bertz CT molecular complexity index is 1770. The molecule has 7 rings (SSSR count). The molecule has 1 saturated heterocycles. The van der Waals surface area contributed by atoms with Gasteiger partial charge >= 0.3 is 6.03 Å². The first-order valence-electron chi connectivity index (χ1n) is 15.3. The fraction of sp³-hybridized carbons (Fsp3) is 0.216. The molecule has 0 spiro atoms. The van der Waals surface area contributed by atoms with Crippen molar-refractivity contribution < 1.29 is 19.1 Å². The molecule has 3 aliphatic heterocycles. The highest BCUT2D eigenvalue weighted by Crippen LogP contribution is 2.50. The van der Waals surface area contributed by atoms with Crippen molar-refractivity contribution in [2.75, 3.05) is 29.5 Å². The van der Waals surface area contributed by atoms with Crippen LogP contribution in [-0.2, 0) is 9.59 Å². The molecule has 0 bridgehead atoms. The zero-order valence-electron chi connectivity index (χ0n) is 24.8. The summed E-state index contributed by atoms with van der Waals surface area (Å²) in [5, 5.41) is 2.41. The number of urea groups is 1. The van der Waals surface area contributed by atoms with Crippen LogP contribution in [0.5, 0.6) is 5.75 Å². The van der Waals surface area contributed by atoms with Gasteiger partial charge in [0.15, 0.2) is 0 Å². The van der Waals surface area contributed by atoms with E-state index in [1.54, 1.807) is 18.2 Å². The van der Waals surface area contributed by atoms with Gasteiger partial charge in [-0.15, -0.1) is 0 Å². The number of carbonyl (C=O) groups is 3. The molecule has 0 saturated carbocycles. The number of nitrogens with zero attached hydrogens (tertiary/aromatic N) is 2. The highest BCUT2D eigenvalue weighted by atomic mass is 79.9. The van der Waals surface area contributed by atoms with Gasteiger partial charge < -0.3 is 9.64 Å². The molecule has 3 heterocycles. The zero-order valence-corrected chi connectivity index (χ0v) is 26.4. The molecule has 0 radical (unpaired) electrons. The molecule has 7 nitrogen and oxygen atoms in total. The molecule has 0 aliphatic carbocycles. The molecule has 1 N–H and O–H groups in total. The Morgan fingerprint density at radius 1 is 0.844 bits per heavy atom. The SMILES string of the molecule is CCOc1ccc(/C=C2\C(=O)NC(=O)N(c3cc4c5c(c3)[C@H](c3ccccc3)CCN5CC[C@@H]4c3ccccc3)C2=O)cc1Br. The van der Waals surface area contributed by atoms with Gasteiger partial charge in [0.1, 0.15) is 11.3 Å². The predicted octanol–water partition coefficient (Wildman–Crippen LogP) is 7.39. The topological polar surface area (TPSA) is 79.0 Å². The molecule has 4 aromatic carbocycles. The number of nitrogens with one attached hydrogen (secondary N) is 1. The average Bonchev–Trinajstić information content (AvgIpc) is 3.05. The van der Waals surface area contributed by atoms with Crippen molar-refractivity contribution in [3.63, 3.8) is 0 Å². The van der Waals surface area contributed by atoms with Crippen LogP contribution >= 0.6 is 15.9 Å². The third-order valence-corrected chi connectivity index (χ3v) is 9.55. The third kappa shape index (κ3) is 5.33. The van der Waals surface area contributed by atoms with E-state index in [4.69, 9.17) is 4.74 Å². The van der Waals surface area contributed by atoms with Crippen molar-refractivity contribution in [2.45, 2.75) is 31.6 Å². The molecule has 3 aliphatic rings. The summed E-state index contributed by atoms with van der Waals surface area (Å²) in [6.07, 6.45) is 3.36. The lowest BCUT2D eigenvalue weighted by molar-refractivity contribution is -0.122. The minimum atomic E-state index is -0.752. The second-order valence-electron chi connectivity index (χ2n) is 11.5. The third-order valence-electron chi connectivity index (χ3n) is 8.93. The van der Waals surface area contributed by atoms with Gasteiger partial charge in [-0.1, -0.05) is 66.7 Å². The minimum absolute atomic E-state index is 0.103. The Hall–Kier alpha value is -4.69. The maximum Gasteiger partial charge on any atom is 0.335 e. The molecule has 8 heteroatoms. The van der Waals surface area contributed by atoms with Crippen LogP contribution in [0, 0.1) is 0 Å². The largest absolute Gasteiger partial charge is 0.493 e. The Labute approximate surface area is 270 Å². The molecule has 0 unspecified atom stereocenters. The normalized spacial score (nSPS) is 20.2. The summed E-state index contributed by atoms with van der Waals surface area (Å²) in [6, 6.07) is 29.3. The van der Waals surface area contributed by atoms with Crippen LogP contribution in [0.25, 0.3) is 6.08 Å². The van der Waals surface area contributed by atoms with Crippen LogP contribution in [-0.4, -0.2) is 37.5 Å². The van der Waals surface area contributed by atoms with Crippen LogP contribution < -0.4 is 19.9 Å². The number of imide groups is 2. The molecule has 4 amide bonds. The summed E-state index contributed by atoms with van der Waals surface area (Å²) in [5.74, 6) is -0.509. The first kappa shape index (κ1) is 29.0. The maximum absolute atomic E-state index is 14.1. The van der Waals surface area contributed by atoms with Gasteiger partial charge in [-0.2, -0.15) is 0 Å². The molecular formula is C37H32BrN3O4. The van der Waals surface area contributed by atoms with E-state index in [1.807, 2.05) is 55.5 Å². The second kappa shape index (κ2) is 12.0. The van der Waals surface area contributed by atoms with E-state index in [0.717, 1.165) is 42.0 Å². The van der Waals surface area contributed by atoms with E-state index in [-0.39, 0.29) is 17.4 Å². The van der Waals surface area contributed by atoms with Gasteiger partial charge in [-0.3, -0.25) is 14.9 Å². The van der Waals surface area contributed by atoms with Gasteiger partial charge in [-0.05, 0) is 93.9 Å². The number of hydrogen-bond acceptors (Lipinski definition) is 5. The molecule has 0 aromatic heterocycles. The fourth-order valence-electron chi connectivity index (χ4n) is 6.91. The number of hydrogen-bond donors (Lipinski definition) is 1. The van der Waals surface area contributed by atoms with Gasteiger partial charge in [0.25, 0.3) is 11.8 Å².